The van der Waals surface area contributed by atoms with E-state index in [0.29, 0.717) is 5.75 Å². The van der Waals surface area contributed by atoms with Crippen LogP contribution in [0, 0.1) is 0 Å². The summed E-state index contributed by atoms with van der Waals surface area (Å²) >= 11 is -2.26. The molecule has 0 aliphatic heterocycles. The Morgan fingerprint density at radius 2 is 2.25 bits per heavy atom. The van der Waals surface area contributed by atoms with E-state index in [1.807, 2.05) is 0 Å². The predicted octanol–water partition coefficient (Wildman–Crippen LogP) is -2.67. The Labute approximate surface area is 94.9 Å². The van der Waals surface area contributed by atoms with E-state index < -0.39 is 11.1 Å². The van der Waals surface area contributed by atoms with Gasteiger partial charge < -0.3 is 9.29 Å². The molecule has 12 heavy (non-hydrogen) atoms. The minimum absolute atomic E-state index is 0. The summed E-state index contributed by atoms with van der Waals surface area (Å²) in [6.45, 7) is 0. The van der Waals surface area contributed by atoms with Crippen LogP contribution >= 0.6 is 0 Å². The molecular weight excluding hydrogens is 189 g/mol. The molecule has 0 aromatic carbocycles. The largest absolute Gasteiger partial charge is 1.00 e. The second-order valence-corrected chi connectivity index (χ2v) is 2.66. The third-order valence-electron chi connectivity index (χ3n) is 1.12. The van der Waals surface area contributed by atoms with Crippen molar-refractivity contribution in [3.63, 3.8) is 0 Å². The predicted molar refractivity (Wildman–Crippen MR) is 38.0 cm³/mol. The zero-order valence-corrected chi connectivity index (χ0v) is 9.63. The van der Waals surface area contributed by atoms with Crippen LogP contribution in [0.15, 0.2) is 23.4 Å². The van der Waals surface area contributed by atoms with Crippen LogP contribution in [0.5, 0.6) is 5.75 Å². The first-order chi connectivity index (χ1) is 5.24. The Balaban J connectivity index is 0.00000121. The summed E-state index contributed by atoms with van der Waals surface area (Å²) in [7, 11) is 1.49. The van der Waals surface area contributed by atoms with Gasteiger partial charge in [0.05, 0.1) is 13.3 Å². The van der Waals surface area contributed by atoms with Crippen molar-refractivity contribution in [2.75, 3.05) is 7.11 Å². The number of methoxy groups -OCH3 is 1. The van der Waals surface area contributed by atoms with Crippen molar-refractivity contribution in [2.24, 2.45) is 0 Å². The van der Waals surface area contributed by atoms with E-state index in [9.17, 15) is 8.76 Å². The molecular formula is C6H6NNaO3S. The molecule has 1 aromatic rings. The second kappa shape index (κ2) is 5.66. The first kappa shape index (κ1) is 12.1. The molecule has 0 radical (unpaired) electrons. The van der Waals surface area contributed by atoms with Gasteiger partial charge in [0.25, 0.3) is 0 Å². The van der Waals surface area contributed by atoms with Crippen molar-refractivity contribution in [2.45, 2.75) is 5.03 Å². The Morgan fingerprint density at radius 3 is 2.58 bits per heavy atom. The molecule has 0 saturated carbocycles. The van der Waals surface area contributed by atoms with E-state index in [2.05, 4.69) is 4.98 Å². The summed E-state index contributed by atoms with van der Waals surface area (Å²) in [6, 6.07) is 2.92. The van der Waals surface area contributed by atoms with Crippen LogP contribution in [0.2, 0.25) is 0 Å². The number of hydrogen-bond acceptors (Lipinski definition) is 4. The summed E-state index contributed by atoms with van der Waals surface area (Å²) in [6.07, 6.45) is 1.35. The third-order valence-corrected chi connectivity index (χ3v) is 1.70. The van der Waals surface area contributed by atoms with Gasteiger partial charge in [-0.15, -0.1) is 0 Å². The van der Waals surface area contributed by atoms with Gasteiger partial charge in [-0.3, -0.25) is 4.21 Å². The van der Waals surface area contributed by atoms with Gasteiger partial charge in [0.15, 0.2) is 0 Å². The van der Waals surface area contributed by atoms with Gasteiger partial charge in [-0.25, -0.2) is 4.98 Å². The molecule has 0 N–H and O–H groups in total. The van der Waals surface area contributed by atoms with Crippen LogP contribution in [-0.2, 0) is 11.1 Å². The van der Waals surface area contributed by atoms with Crippen LogP contribution in [0.3, 0.4) is 0 Å². The van der Waals surface area contributed by atoms with Gasteiger partial charge in [0.2, 0.25) is 0 Å². The number of pyridine rings is 1. The van der Waals surface area contributed by atoms with E-state index in [1.54, 1.807) is 0 Å². The zero-order valence-electron chi connectivity index (χ0n) is 6.81. The second-order valence-electron chi connectivity index (χ2n) is 1.77. The molecule has 1 atom stereocenters. The van der Waals surface area contributed by atoms with Crippen molar-refractivity contribution in [3.05, 3.63) is 18.3 Å². The van der Waals surface area contributed by atoms with Crippen LogP contribution in [0.1, 0.15) is 0 Å². The Morgan fingerprint density at radius 1 is 1.58 bits per heavy atom. The standard InChI is InChI=1S/C6H7NO3S.Na/c1-10-5-2-3-6(7-4-5)11(8)9;/h2-4H,1H3,(H,8,9);/q;+1/p-1. The van der Waals surface area contributed by atoms with E-state index in [1.165, 1.54) is 25.4 Å². The van der Waals surface area contributed by atoms with Gasteiger partial charge in [0.1, 0.15) is 10.8 Å². The molecule has 4 nitrogen and oxygen atoms in total. The summed E-state index contributed by atoms with van der Waals surface area (Å²) < 4.78 is 25.4. The van der Waals surface area contributed by atoms with E-state index in [4.69, 9.17) is 4.74 Å². The van der Waals surface area contributed by atoms with Crippen molar-refractivity contribution < 1.29 is 43.1 Å². The molecule has 60 valence electrons. The molecule has 0 bridgehead atoms. The van der Waals surface area contributed by atoms with Crippen molar-refractivity contribution in [3.8, 4) is 5.75 Å². The van der Waals surface area contributed by atoms with E-state index >= 15 is 0 Å². The summed E-state index contributed by atoms with van der Waals surface area (Å²) in [5, 5.41) is 0.0193. The van der Waals surface area contributed by atoms with Gasteiger partial charge >= 0.3 is 29.6 Å². The quantitative estimate of drug-likeness (QED) is 0.381. The summed E-state index contributed by atoms with van der Waals surface area (Å²) in [4.78, 5) is 3.61. The third kappa shape index (κ3) is 3.20. The average Bonchev–Trinajstić information content (AvgIpc) is 2.05. The normalized spacial score (nSPS) is 11.5. The number of rotatable bonds is 2. The van der Waals surface area contributed by atoms with Crippen molar-refractivity contribution in [1.82, 2.24) is 4.98 Å². The maximum atomic E-state index is 10.3. The molecule has 1 heterocycles. The fourth-order valence-corrected chi connectivity index (χ4v) is 0.904. The first-order valence-electron chi connectivity index (χ1n) is 2.83. The van der Waals surface area contributed by atoms with Gasteiger partial charge in [-0.1, -0.05) is 0 Å². The van der Waals surface area contributed by atoms with Crippen LogP contribution in [0.4, 0.5) is 0 Å². The maximum Gasteiger partial charge on any atom is 1.00 e. The first-order valence-corrected chi connectivity index (χ1v) is 3.91. The SMILES string of the molecule is COc1ccc(S(=O)[O-])nc1.[Na+]. The molecule has 0 fully saturated rings. The van der Waals surface area contributed by atoms with Crippen LogP contribution in [-0.4, -0.2) is 20.9 Å². The molecule has 0 amide bonds. The molecule has 6 heteroatoms. The maximum absolute atomic E-state index is 10.3. The van der Waals surface area contributed by atoms with Gasteiger partial charge in [-0.05, 0) is 23.2 Å². The van der Waals surface area contributed by atoms with E-state index in [0.717, 1.165) is 0 Å². The molecule has 0 aliphatic carbocycles. The summed E-state index contributed by atoms with van der Waals surface area (Å²) in [5.41, 5.74) is 0. The molecule has 0 spiro atoms. The topological polar surface area (TPSA) is 62.2 Å². The van der Waals surface area contributed by atoms with Crippen molar-refractivity contribution in [1.29, 1.82) is 0 Å². The zero-order chi connectivity index (χ0) is 8.27. The van der Waals surface area contributed by atoms with Crippen LogP contribution < -0.4 is 34.3 Å². The minimum Gasteiger partial charge on any atom is -0.767 e. The molecule has 1 rings (SSSR count). The van der Waals surface area contributed by atoms with Gasteiger partial charge in [0, 0.05) is 0 Å². The smallest absolute Gasteiger partial charge is 0.767 e. The number of ether oxygens (including phenoxy) is 1. The van der Waals surface area contributed by atoms with E-state index in [-0.39, 0.29) is 34.6 Å². The monoisotopic (exact) mass is 195 g/mol. The molecule has 1 aromatic heterocycles. The van der Waals surface area contributed by atoms with Crippen LogP contribution in [0.25, 0.3) is 0 Å². The molecule has 0 saturated heterocycles. The molecule has 0 aliphatic rings. The number of nitrogens with zero attached hydrogens (tertiary/aromatic N) is 1. The summed E-state index contributed by atoms with van der Waals surface area (Å²) in [5.74, 6) is 0.541. The number of aromatic nitrogens is 1. The fraction of sp³-hybridized carbons (Fsp3) is 0.167. The van der Waals surface area contributed by atoms with Gasteiger partial charge in [-0.2, -0.15) is 0 Å². The Bertz CT molecular complexity index is 264. The van der Waals surface area contributed by atoms with Crippen molar-refractivity contribution >= 4 is 11.1 Å². The average molecular weight is 195 g/mol. The Kier molecular flexibility index (Phi) is 5.69. The fourth-order valence-electron chi connectivity index (χ4n) is 0.586. The molecule has 1 unspecified atom stereocenters. The Hall–Kier alpha value is 0.0600. The minimum atomic E-state index is -2.26. The number of hydrogen-bond donors (Lipinski definition) is 0.